The van der Waals surface area contributed by atoms with Crippen LogP contribution < -0.4 is 10.5 Å². The molecule has 0 radical (unpaired) electrons. The average molecular weight is 431 g/mol. The van der Waals surface area contributed by atoms with Gasteiger partial charge in [-0.1, -0.05) is 29.8 Å². The molecule has 1 unspecified atom stereocenters. The molecule has 3 heterocycles. The second-order valence-corrected chi connectivity index (χ2v) is 8.23. The van der Waals surface area contributed by atoms with Crippen molar-refractivity contribution in [2.24, 2.45) is 0 Å². The molecular formula is C24H26N6O2. The van der Waals surface area contributed by atoms with Crippen molar-refractivity contribution in [2.45, 2.75) is 32.4 Å². The number of hydrogen-bond acceptors (Lipinski definition) is 6. The van der Waals surface area contributed by atoms with Gasteiger partial charge in [0.2, 0.25) is 0 Å². The monoisotopic (exact) mass is 430 g/mol. The van der Waals surface area contributed by atoms with E-state index in [9.17, 15) is 4.79 Å². The number of pyridine rings is 1. The van der Waals surface area contributed by atoms with Crippen molar-refractivity contribution in [2.75, 3.05) is 25.2 Å². The Balaban J connectivity index is 1.72. The molecule has 164 valence electrons. The summed E-state index contributed by atoms with van der Waals surface area (Å²) in [6, 6.07) is 16.0. The maximum Gasteiger partial charge on any atom is 0.254 e. The number of aromatic nitrogens is 5. The largest absolute Gasteiger partial charge is 0.383 e. The predicted molar refractivity (Wildman–Crippen MR) is 123 cm³/mol. The predicted octanol–water partition coefficient (Wildman–Crippen LogP) is 3.01. The third kappa shape index (κ3) is 3.67. The summed E-state index contributed by atoms with van der Waals surface area (Å²) in [4.78, 5) is 18.7. The summed E-state index contributed by atoms with van der Waals surface area (Å²) >= 11 is 0. The molecule has 4 aromatic rings. The van der Waals surface area contributed by atoms with Crippen LogP contribution in [0.25, 0.3) is 10.9 Å². The van der Waals surface area contributed by atoms with Crippen LogP contribution in [0.1, 0.15) is 35.0 Å². The highest BCUT2D eigenvalue weighted by atomic mass is 16.5. The number of nitrogens with zero attached hydrogens (tertiary/aromatic N) is 5. The van der Waals surface area contributed by atoms with Gasteiger partial charge in [0.15, 0.2) is 5.82 Å². The number of nitrogens with one attached hydrogen (secondary N) is 1. The molecule has 0 fully saturated rings. The number of ether oxygens (including phenoxy) is 1. The first-order valence-electron chi connectivity index (χ1n) is 10.9. The van der Waals surface area contributed by atoms with Crippen LogP contribution in [-0.2, 0) is 17.7 Å². The van der Waals surface area contributed by atoms with E-state index in [1.807, 2.05) is 31.2 Å². The molecule has 0 spiro atoms. The van der Waals surface area contributed by atoms with Gasteiger partial charge in [0.1, 0.15) is 6.04 Å². The molecule has 2 aromatic carbocycles. The summed E-state index contributed by atoms with van der Waals surface area (Å²) < 4.78 is 7.00. The fourth-order valence-electron chi connectivity index (χ4n) is 4.57. The number of benzene rings is 2. The number of aromatic amines is 1. The number of rotatable bonds is 6. The molecule has 0 bridgehead atoms. The molecule has 0 saturated carbocycles. The number of fused-ring (bicyclic) bond motifs is 2. The topological polar surface area (TPSA) is 88.9 Å². The molecule has 8 heteroatoms. The summed E-state index contributed by atoms with van der Waals surface area (Å²) in [6.07, 6.45) is 2.01. The van der Waals surface area contributed by atoms with Crippen molar-refractivity contribution in [3.8, 4) is 0 Å². The highest BCUT2D eigenvalue weighted by Gasteiger charge is 2.33. The minimum Gasteiger partial charge on any atom is -0.383 e. The zero-order valence-electron chi connectivity index (χ0n) is 18.3. The highest BCUT2D eigenvalue weighted by Crippen LogP contribution is 2.36. The average Bonchev–Trinajstić information content (AvgIpc) is 3.26. The molecular weight excluding hydrogens is 404 g/mol. The van der Waals surface area contributed by atoms with Crippen molar-refractivity contribution in [1.82, 2.24) is 25.2 Å². The zero-order chi connectivity index (χ0) is 22.1. The first kappa shape index (κ1) is 20.4. The molecule has 0 aliphatic carbocycles. The maximum absolute atomic E-state index is 13.3. The Bertz CT molecular complexity index is 1310. The Hall–Kier alpha value is -3.52. The lowest BCUT2D eigenvalue weighted by atomic mass is 9.96. The van der Waals surface area contributed by atoms with Gasteiger partial charge in [-0.3, -0.25) is 4.79 Å². The van der Waals surface area contributed by atoms with Crippen LogP contribution in [0.2, 0.25) is 0 Å². The van der Waals surface area contributed by atoms with Crippen molar-refractivity contribution in [3.63, 3.8) is 0 Å². The van der Waals surface area contributed by atoms with Gasteiger partial charge in [-0.15, -0.1) is 5.10 Å². The summed E-state index contributed by atoms with van der Waals surface area (Å²) in [5.74, 6) is 0.635. The van der Waals surface area contributed by atoms with Crippen LogP contribution in [0.15, 0.2) is 53.3 Å². The Morgan fingerprint density at radius 2 is 2.06 bits per heavy atom. The SMILES string of the molecule is COCCn1nnnc1C(c1cc2cc(C)ccc2[nH]c1=O)N1CCCc2ccccc21. The zero-order valence-corrected chi connectivity index (χ0v) is 18.3. The minimum absolute atomic E-state index is 0.129. The second-order valence-electron chi connectivity index (χ2n) is 8.23. The lowest BCUT2D eigenvalue weighted by Crippen LogP contribution is -2.38. The molecule has 1 aliphatic rings. The number of H-pyrrole nitrogens is 1. The number of anilines is 1. The molecule has 32 heavy (non-hydrogen) atoms. The maximum atomic E-state index is 13.3. The quantitative estimate of drug-likeness (QED) is 0.506. The van der Waals surface area contributed by atoms with Crippen molar-refractivity contribution < 1.29 is 4.74 Å². The van der Waals surface area contributed by atoms with E-state index in [-0.39, 0.29) is 5.56 Å². The Kier molecular flexibility index (Phi) is 5.45. The van der Waals surface area contributed by atoms with Crippen LogP contribution in [0.4, 0.5) is 5.69 Å². The molecule has 1 aliphatic heterocycles. The number of aryl methyl sites for hydroxylation is 2. The van der Waals surface area contributed by atoms with E-state index in [0.717, 1.165) is 41.5 Å². The van der Waals surface area contributed by atoms with E-state index >= 15 is 0 Å². The van der Waals surface area contributed by atoms with Crippen LogP contribution in [0.5, 0.6) is 0 Å². The Morgan fingerprint density at radius 1 is 1.19 bits per heavy atom. The Labute approximate surface area is 185 Å². The minimum atomic E-state index is -0.419. The van der Waals surface area contributed by atoms with E-state index in [4.69, 9.17) is 4.74 Å². The van der Waals surface area contributed by atoms with Gasteiger partial charge >= 0.3 is 0 Å². The van der Waals surface area contributed by atoms with E-state index in [2.05, 4.69) is 49.7 Å². The molecule has 1 atom stereocenters. The van der Waals surface area contributed by atoms with Gasteiger partial charge in [0.25, 0.3) is 5.56 Å². The summed E-state index contributed by atoms with van der Waals surface area (Å²) in [7, 11) is 1.65. The van der Waals surface area contributed by atoms with Crippen molar-refractivity contribution in [1.29, 1.82) is 0 Å². The van der Waals surface area contributed by atoms with E-state index in [1.54, 1.807) is 11.8 Å². The van der Waals surface area contributed by atoms with Crippen LogP contribution in [0.3, 0.4) is 0 Å². The van der Waals surface area contributed by atoms with Crippen LogP contribution in [-0.4, -0.2) is 45.5 Å². The van der Waals surface area contributed by atoms with Gasteiger partial charge < -0.3 is 14.6 Å². The molecule has 8 nitrogen and oxygen atoms in total. The summed E-state index contributed by atoms with van der Waals surface area (Å²) in [5.41, 5.74) is 4.85. The molecule has 0 amide bonds. The van der Waals surface area contributed by atoms with Crippen LogP contribution >= 0.6 is 0 Å². The number of tetrazole rings is 1. The summed E-state index contributed by atoms with van der Waals surface area (Å²) in [6.45, 7) is 3.85. The smallest absolute Gasteiger partial charge is 0.254 e. The lowest BCUT2D eigenvalue weighted by molar-refractivity contribution is 0.181. The number of methoxy groups -OCH3 is 1. The molecule has 5 rings (SSSR count). The molecule has 2 aromatic heterocycles. The molecule has 1 N–H and O–H groups in total. The molecule has 0 saturated heterocycles. The number of para-hydroxylation sites is 1. The first-order chi connectivity index (χ1) is 15.7. The highest BCUT2D eigenvalue weighted by molar-refractivity contribution is 5.80. The van der Waals surface area contributed by atoms with E-state index < -0.39 is 6.04 Å². The van der Waals surface area contributed by atoms with Gasteiger partial charge in [0.05, 0.1) is 13.2 Å². The standard InChI is InChI=1S/C24H26N6O2/c1-16-9-10-20-18(14-16)15-19(24(31)25-20)22(23-26-27-28-30(23)12-13-32-2)29-11-5-7-17-6-3-4-8-21(17)29/h3-4,6,8-10,14-15,22H,5,7,11-13H2,1-2H3,(H,25,31). The summed E-state index contributed by atoms with van der Waals surface area (Å²) in [5, 5.41) is 13.5. The number of hydrogen-bond donors (Lipinski definition) is 1. The lowest BCUT2D eigenvalue weighted by Gasteiger charge is -2.37. The second kappa shape index (κ2) is 8.55. The van der Waals surface area contributed by atoms with Gasteiger partial charge in [-0.05, 0) is 65.4 Å². The fraction of sp³-hybridized carbons (Fsp3) is 0.333. The fourth-order valence-corrected chi connectivity index (χ4v) is 4.57. The third-order valence-corrected chi connectivity index (χ3v) is 6.09. The normalized spacial score (nSPS) is 14.5. The Morgan fingerprint density at radius 3 is 2.94 bits per heavy atom. The van der Waals surface area contributed by atoms with Gasteiger partial charge in [-0.25, -0.2) is 4.68 Å². The van der Waals surface area contributed by atoms with Crippen molar-refractivity contribution >= 4 is 16.6 Å². The first-order valence-corrected chi connectivity index (χ1v) is 10.9. The van der Waals surface area contributed by atoms with Crippen molar-refractivity contribution in [3.05, 3.63) is 81.4 Å². The van der Waals surface area contributed by atoms with Gasteiger partial charge in [0, 0.05) is 30.4 Å². The van der Waals surface area contributed by atoms with Crippen LogP contribution in [0, 0.1) is 6.92 Å². The van der Waals surface area contributed by atoms with Gasteiger partial charge in [-0.2, -0.15) is 0 Å². The van der Waals surface area contributed by atoms with E-state index in [1.165, 1.54) is 5.56 Å². The third-order valence-electron chi connectivity index (χ3n) is 6.09. The van der Waals surface area contributed by atoms with E-state index in [0.29, 0.717) is 24.5 Å².